The third kappa shape index (κ3) is 11.6. The highest BCUT2D eigenvalue weighted by molar-refractivity contribution is 5.77. The van der Waals surface area contributed by atoms with Crippen LogP contribution in [0.3, 0.4) is 0 Å². The third-order valence-corrected chi connectivity index (χ3v) is 4.09. The largest absolute Gasteiger partial charge is 0.463 e. The van der Waals surface area contributed by atoms with Crippen molar-refractivity contribution in [3.8, 4) is 0 Å². The SMILES string of the molecule is CCOCCOCCOCCOC(=O)CCC(=O)OC(C)(C)c1ccc(C)cc1. The van der Waals surface area contributed by atoms with Crippen LogP contribution in [0.2, 0.25) is 0 Å². The predicted molar refractivity (Wildman–Crippen MR) is 109 cm³/mol. The maximum Gasteiger partial charge on any atom is 0.307 e. The van der Waals surface area contributed by atoms with Crippen molar-refractivity contribution in [1.29, 1.82) is 0 Å². The number of hydrogen-bond acceptors (Lipinski definition) is 7. The molecule has 0 aliphatic carbocycles. The van der Waals surface area contributed by atoms with E-state index in [9.17, 15) is 9.59 Å². The Bertz CT molecular complexity index is 596. The summed E-state index contributed by atoms with van der Waals surface area (Å²) in [6, 6.07) is 7.80. The lowest BCUT2D eigenvalue weighted by Crippen LogP contribution is -2.26. The molecule has 0 atom stereocenters. The van der Waals surface area contributed by atoms with Crippen LogP contribution in [0.1, 0.15) is 44.7 Å². The minimum atomic E-state index is -0.757. The number of rotatable bonds is 15. The molecule has 0 amide bonds. The molecule has 1 aromatic rings. The first-order valence-electron chi connectivity index (χ1n) is 10.0. The monoisotopic (exact) mass is 410 g/mol. The zero-order valence-corrected chi connectivity index (χ0v) is 18.0. The van der Waals surface area contributed by atoms with Gasteiger partial charge in [-0.05, 0) is 33.3 Å². The number of esters is 2. The normalized spacial score (nSPS) is 11.3. The van der Waals surface area contributed by atoms with Gasteiger partial charge in [-0.1, -0.05) is 29.8 Å². The van der Waals surface area contributed by atoms with E-state index in [0.717, 1.165) is 11.1 Å². The highest BCUT2D eigenvalue weighted by Gasteiger charge is 2.25. The Morgan fingerprint density at radius 1 is 0.793 bits per heavy atom. The van der Waals surface area contributed by atoms with Crippen LogP contribution < -0.4 is 0 Å². The zero-order valence-electron chi connectivity index (χ0n) is 18.0. The Hall–Kier alpha value is -1.96. The highest BCUT2D eigenvalue weighted by Crippen LogP contribution is 2.25. The van der Waals surface area contributed by atoms with Crippen LogP contribution in [-0.4, -0.2) is 58.2 Å². The number of aryl methyl sites for hydroxylation is 1. The lowest BCUT2D eigenvalue weighted by Gasteiger charge is -2.25. The molecule has 0 aromatic heterocycles. The Labute approximate surface area is 173 Å². The van der Waals surface area contributed by atoms with Gasteiger partial charge in [0.05, 0.1) is 45.9 Å². The second kappa shape index (κ2) is 14.1. The van der Waals surface area contributed by atoms with Crippen LogP contribution in [0.4, 0.5) is 0 Å². The molecule has 29 heavy (non-hydrogen) atoms. The molecule has 0 heterocycles. The fourth-order valence-corrected chi connectivity index (χ4v) is 2.42. The molecule has 0 spiro atoms. The van der Waals surface area contributed by atoms with Crippen molar-refractivity contribution in [2.45, 2.75) is 46.1 Å². The van der Waals surface area contributed by atoms with Crippen molar-refractivity contribution >= 4 is 11.9 Å². The van der Waals surface area contributed by atoms with E-state index in [2.05, 4.69) is 0 Å². The second-order valence-corrected chi connectivity index (χ2v) is 6.99. The van der Waals surface area contributed by atoms with Crippen molar-refractivity contribution in [2.75, 3.05) is 46.2 Å². The fourth-order valence-electron chi connectivity index (χ4n) is 2.42. The summed E-state index contributed by atoms with van der Waals surface area (Å²) in [5.41, 5.74) is 1.28. The molecule has 0 unspecified atom stereocenters. The maximum absolute atomic E-state index is 12.1. The van der Waals surface area contributed by atoms with Crippen LogP contribution in [-0.2, 0) is 38.9 Å². The molecular formula is C22H34O7. The first kappa shape index (κ1) is 25.1. The number of carbonyl (C=O) groups is 2. The summed E-state index contributed by atoms with van der Waals surface area (Å²) in [5.74, 6) is -0.889. The molecule has 0 radical (unpaired) electrons. The van der Waals surface area contributed by atoms with Crippen molar-refractivity contribution in [3.05, 3.63) is 35.4 Å². The number of ether oxygens (including phenoxy) is 5. The van der Waals surface area contributed by atoms with E-state index in [4.69, 9.17) is 23.7 Å². The molecule has 0 N–H and O–H groups in total. The number of benzene rings is 1. The summed E-state index contributed by atoms with van der Waals surface area (Å²) < 4.78 is 26.3. The summed E-state index contributed by atoms with van der Waals surface area (Å²) in [6.07, 6.45) is -0.0496. The predicted octanol–water partition coefficient (Wildman–Crippen LogP) is 3.17. The topological polar surface area (TPSA) is 80.3 Å². The second-order valence-electron chi connectivity index (χ2n) is 6.99. The number of carbonyl (C=O) groups excluding carboxylic acids is 2. The van der Waals surface area contributed by atoms with Gasteiger partial charge in [0.2, 0.25) is 0 Å². The molecule has 0 fully saturated rings. The van der Waals surface area contributed by atoms with Crippen LogP contribution in [0.5, 0.6) is 0 Å². The lowest BCUT2D eigenvalue weighted by molar-refractivity contribution is -0.160. The summed E-state index contributed by atoms with van der Waals surface area (Å²) in [5, 5.41) is 0. The van der Waals surface area contributed by atoms with Gasteiger partial charge < -0.3 is 23.7 Å². The molecule has 164 valence electrons. The first-order chi connectivity index (χ1) is 13.8. The van der Waals surface area contributed by atoms with Gasteiger partial charge in [0.1, 0.15) is 12.2 Å². The molecule has 0 aliphatic rings. The lowest BCUT2D eigenvalue weighted by atomic mass is 9.97. The first-order valence-corrected chi connectivity index (χ1v) is 10.0. The minimum Gasteiger partial charge on any atom is -0.463 e. The van der Waals surface area contributed by atoms with Crippen LogP contribution in [0, 0.1) is 6.92 Å². The fraction of sp³-hybridized carbons (Fsp3) is 0.636. The van der Waals surface area contributed by atoms with E-state index in [0.29, 0.717) is 33.0 Å². The van der Waals surface area contributed by atoms with E-state index in [1.54, 1.807) is 0 Å². The van der Waals surface area contributed by atoms with Gasteiger partial charge in [0, 0.05) is 6.61 Å². The quantitative estimate of drug-likeness (QED) is 0.324. The van der Waals surface area contributed by atoms with Crippen LogP contribution in [0.25, 0.3) is 0 Å². The Morgan fingerprint density at radius 2 is 1.31 bits per heavy atom. The van der Waals surface area contributed by atoms with E-state index >= 15 is 0 Å². The van der Waals surface area contributed by atoms with Gasteiger partial charge in [-0.25, -0.2) is 0 Å². The standard InChI is InChI=1S/C22H34O7/c1-5-25-12-13-26-14-15-27-16-17-28-20(23)10-11-21(24)29-22(3,4)19-8-6-18(2)7-9-19/h6-9H,5,10-17H2,1-4H3. The van der Waals surface area contributed by atoms with E-state index in [-0.39, 0.29) is 26.1 Å². The zero-order chi connectivity index (χ0) is 21.5. The van der Waals surface area contributed by atoms with Crippen molar-refractivity contribution in [1.82, 2.24) is 0 Å². The molecule has 0 bridgehead atoms. The van der Waals surface area contributed by atoms with Crippen LogP contribution >= 0.6 is 0 Å². The minimum absolute atomic E-state index is 0.0245. The van der Waals surface area contributed by atoms with E-state index in [1.807, 2.05) is 52.0 Å². The van der Waals surface area contributed by atoms with Crippen LogP contribution in [0.15, 0.2) is 24.3 Å². The van der Waals surface area contributed by atoms with Gasteiger partial charge in [-0.15, -0.1) is 0 Å². The van der Waals surface area contributed by atoms with Gasteiger partial charge in [-0.2, -0.15) is 0 Å². The Kier molecular flexibility index (Phi) is 12.2. The molecular weight excluding hydrogens is 376 g/mol. The third-order valence-electron chi connectivity index (χ3n) is 4.09. The summed E-state index contributed by atoms with van der Waals surface area (Å²) in [4.78, 5) is 23.8. The highest BCUT2D eigenvalue weighted by atomic mass is 16.6. The Morgan fingerprint density at radius 3 is 1.90 bits per heavy atom. The molecule has 1 aromatic carbocycles. The maximum atomic E-state index is 12.1. The van der Waals surface area contributed by atoms with E-state index in [1.165, 1.54) is 0 Å². The molecule has 0 saturated carbocycles. The van der Waals surface area contributed by atoms with Gasteiger partial charge in [0.25, 0.3) is 0 Å². The average molecular weight is 411 g/mol. The Balaban J connectivity index is 2.10. The molecule has 0 saturated heterocycles. The van der Waals surface area contributed by atoms with Crippen molar-refractivity contribution in [2.24, 2.45) is 0 Å². The molecule has 7 heteroatoms. The molecule has 1 rings (SSSR count). The van der Waals surface area contributed by atoms with Gasteiger partial charge >= 0.3 is 11.9 Å². The molecule has 0 aliphatic heterocycles. The van der Waals surface area contributed by atoms with Crippen molar-refractivity contribution in [3.63, 3.8) is 0 Å². The van der Waals surface area contributed by atoms with Gasteiger partial charge in [0.15, 0.2) is 0 Å². The summed E-state index contributed by atoms with van der Waals surface area (Å²) in [6.45, 7) is 10.7. The van der Waals surface area contributed by atoms with Gasteiger partial charge in [-0.3, -0.25) is 9.59 Å². The summed E-state index contributed by atoms with van der Waals surface area (Å²) >= 11 is 0. The van der Waals surface area contributed by atoms with E-state index < -0.39 is 17.5 Å². The number of hydrogen-bond donors (Lipinski definition) is 0. The van der Waals surface area contributed by atoms with Crippen molar-refractivity contribution < 1.29 is 33.3 Å². The smallest absolute Gasteiger partial charge is 0.307 e. The molecule has 7 nitrogen and oxygen atoms in total. The summed E-state index contributed by atoms with van der Waals surface area (Å²) in [7, 11) is 0. The average Bonchev–Trinajstić information content (AvgIpc) is 2.68.